The molecule has 2 aromatic carbocycles. The number of aromatic carboxylic acids is 1. The maximum absolute atomic E-state index is 11.6. The van der Waals surface area contributed by atoms with Crippen LogP contribution < -0.4 is 0 Å². The average molecular weight is 323 g/mol. The lowest BCUT2D eigenvalue weighted by Gasteiger charge is -2.03. The van der Waals surface area contributed by atoms with Gasteiger partial charge in [-0.15, -0.1) is 11.3 Å². The van der Waals surface area contributed by atoms with Gasteiger partial charge >= 0.3 is 5.97 Å². The Kier molecular flexibility index (Phi) is 4.26. The normalized spacial score (nSPS) is 10.7. The number of carbonyl (C=O) groups is 1. The van der Waals surface area contributed by atoms with Crippen LogP contribution in [0.3, 0.4) is 0 Å². The average Bonchev–Trinajstić information content (AvgIpc) is 2.95. The second kappa shape index (κ2) is 6.34. The fraction of sp³-hybridized carbons (Fsp3) is 0.158. The van der Waals surface area contributed by atoms with E-state index in [1.807, 2.05) is 62.4 Å². The van der Waals surface area contributed by atoms with E-state index in [-0.39, 0.29) is 0 Å². The molecule has 23 heavy (non-hydrogen) atoms. The summed E-state index contributed by atoms with van der Waals surface area (Å²) in [5.41, 5.74) is 4.88. The monoisotopic (exact) mass is 323 g/mol. The van der Waals surface area contributed by atoms with Crippen molar-refractivity contribution in [2.75, 3.05) is 0 Å². The molecule has 0 bridgehead atoms. The van der Waals surface area contributed by atoms with Crippen LogP contribution in [0.15, 0.2) is 48.5 Å². The van der Waals surface area contributed by atoms with Gasteiger partial charge in [-0.05, 0) is 36.6 Å². The van der Waals surface area contributed by atoms with Crippen LogP contribution in [0.4, 0.5) is 0 Å². The minimum absolute atomic E-state index is 0.305. The Morgan fingerprint density at radius 2 is 1.83 bits per heavy atom. The van der Waals surface area contributed by atoms with E-state index < -0.39 is 5.97 Å². The van der Waals surface area contributed by atoms with Gasteiger partial charge in [-0.25, -0.2) is 9.78 Å². The third-order valence-electron chi connectivity index (χ3n) is 3.84. The van der Waals surface area contributed by atoms with Crippen LogP contribution in [0.25, 0.3) is 11.3 Å². The molecule has 1 aromatic heterocycles. The van der Waals surface area contributed by atoms with E-state index in [2.05, 4.69) is 4.98 Å². The summed E-state index contributed by atoms with van der Waals surface area (Å²) < 4.78 is 0. The van der Waals surface area contributed by atoms with E-state index in [4.69, 9.17) is 0 Å². The van der Waals surface area contributed by atoms with Crippen molar-refractivity contribution in [1.82, 2.24) is 4.98 Å². The molecule has 4 heteroatoms. The zero-order valence-electron chi connectivity index (χ0n) is 13.0. The van der Waals surface area contributed by atoms with Crippen LogP contribution in [0.5, 0.6) is 0 Å². The quantitative estimate of drug-likeness (QED) is 0.756. The number of hydrogen-bond donors (Lipinski definition) is 1. The van der Waals surface area contributed by atoms with Crippen molar-refractivity contribution < 1.29 is 9.90 Å². The number of benzene rings is 2. The first-order valence-electron chi connectivity index (χ1n) is 7.39. The smallest absolute Gasteiger partial charge is 0.348 e. The van der Waals surface area contributed by atoms with Gasteiger partial charge in [-0.1, -0.05) is 42.5 Å². The first-order chi connectivity index (χ1) is 11.0. The van der Waals surface area contributed by atoms with Crippen LogP contribution in [-0.2, 0) is 6.42 Å². The molecule has 0 aliphatic rings. The van der Waals surface area contributed by atoms with E-state index in [0.717, 1.165) is 21.7 Å². The topological polar surface area (TPSA) is 50.2 Å². The molecule has 3 aromatic rings. The van der Waals surface area contributed by atoms with Crippen molar-refractivity contribution in [2.45, 2.75) is 20.3 Å². The van der Waals surface area contributed by atoms with E-state index in [1.165, 1.54) is 16.9 Å². The molecule has 0 amide bonds. The number of aryl methyl sites for hydroxylation is 2. The largest absolute Gasteiger partial charge is 0.477 e. The number of nitrogens with zero attached hydrogens (tertiary/aromatic N) is 1. The highest BCUT2D eigenvalue weighted by Gasteiger charge is 2.19. The predicted octanol–water partition coefficient (Wildman–Crippen LogP) is 4.72. The lowest BCUT2D eigenvalue weighted by molar-refractivity contribution is 0.0702. The zero-order chi connectivity index (χ0) is 16.4. The number of thiazole rings is 1. The van der Waals surface area contributed by atoms with E-state index >= 15 is 0 Å². The molecular formula is C19H17NO2S. The second-order valence-corrected chi connectivity index (χ2v) is 6.64. The molecule has 0 unspecified atom stereocenters. The third-order valence-corrected chi connectivity index (χ3v) is 4.89. The van der Waals surface area contributed by atoms with Gasteiger partial charge in [0.2, 0.25) is 0 Å². The molecule has 3 nitrogen and oxygen atoms in total. The number of carboxylic acid groups (broad SMARTS) is 1. The van der Waals surface area contributed by atoms with Gasteiger partial charge in [-0.2, -0.15) is 0 Å². The SMILES string of the molecule is Cc1ccc(-c2nc(Cc3ccccc3)sc2C(=O)O)cc1C. The summed E-state index contributed by atoms with van der Waals surface area (Å²) >= 11 is 1.26. The molecule has 0 saturated heterocycles. The first-order valence-corrected chi connectivity index (χ1v) is 8.21. The molecular weight excluding hydrogens is 306 g/mol. The molecule has 0 spiro atoms. The molecule has 0 aliphatic heterocycles. The molecule has 0 fully saturated rings. The number of hydrogen-bond acceptors (Lipinski definition) is 3. The van der Waals surface area contributed by atoms with E-state index in [9.17, 15) is 9.90 Å². The molecule has 116 valence electrons. The number of rotatable bonds is 4. The maximum atomic E-state index is 11.6. The highest BCUT2D eigenvalue weighted by Crippen LogP contribution is 2.30. The zero-order valence-corrected chi connectivity index (χ0v) is 13.9. The van der Waals surface area contributed by atoms with Crippen molar-refractivity contribution in [2.24, 2.45) is 0 Å². The van der Waals surface area contributed by atoms with Crippen LogP contribution in [0.2, 0.25) is 0 Å². The first kappa shape index (κ1) is 15.4. The molecule has 3 rings (SSSR count). The lowest BCUT2D eigenvalue weighted by Crippen LogP contribution is -1.96. The molecule has 1 heterocycles. The highest BCUT2D eigenvalue weighted by atomic mass is 32.1. The molecule has 0 atom stereocenters. The predicted molar refractivity (Wildman–Crippen MR) is 93.2 cm³/mol. The van der Waals surface area contributed by atoms with Crippen molar-refractivity contribution in [3.05, 3.63) is 75.1 Å². The van der Waals surface area contributed by atoms with Gasteiger partial charge in [0.1, 0.15) is 4.88 Å². The summed E-state index contributed by atoms with van der Waals surface area (Å²) in [6, 6.07) is 15.9. The minimum atomic E-state index is -0.921. The van der Waals surface area contributed by atoms with Gasteiger partial charge in [0.25, 0.3) is 0 Å². The summed E-state index contributed by atoms with van der Waals surface area (Å²) in [7, 11) is 0. The van der Waals surface area contributed by atoms with Crippen LogP contribution in [-0.4, -0.2) is 16.1 Å². The molecule has 0 radical (unpaired) electrons. The van der Waals surface area contributed by atoms with Gasteiger partial charge in [0, 0.05) is 12.0 Å². The Labute approximate surface area is 139 Å². The fourth-order valence-electron chi connectivity index (χ4n) is 2.44. The molecule has 0 saturated carbocycles. The van der Waals surface area contributed by atoms with Crippen LogP contribution >= 0.6 is 11.3 Å². The minimum Gasteiger partial charge on any atom is -0.477 e. The van der Waals surface area contributed by atoms with Gasteiger partial charge in [-0.3, -0.25) is 0 Å². The maximum Gasteiger partial charge on any atom is 0.348 e. The highest BCUT2D eigenvalue weighted by molar-refractivity contribution is 7.14. The van der Waals surface area contributed by atoms with Crippen molar-refractivity contribution in [3.63, 3.8) is 0 Å². The Morgan fingerprint density at radius 1 is 1.09 bits per heavy atom. The molecule has 1 N–H and O–H groups in total. The van der Waals surface area contributed by atoms with E-state index in [0.29, 0.717) is 17.0 Å². The van der Waals surface area contributed by atoms with Crippen molar-refractivity contribution in [3.8, 4) is 11.3 Å². The Bertz CT molecular complexity index is 853. The summed E-state index contributed by atoms with van der Waals surface area (Å²) in [6.45, 7) is 4.07. The fourth-order valence-corrected chi connectivity index (χ4v) is 3.40. The second-order valence-electron chi connectivity index (χ2n) is 5.55. The third kappa shape index (κ3) is 3.32. The van der Waals surface area contributed by atoms with Crippen LogP contribution in [0.1, 0.15) is 31.4 Å². The van der Waals surface area contributed by atoms with Crippen molar-refractivity contribution in [1.29, 1.82) is 0 Å². The van der Waals surface area contributed by atoms with E-state index in [1.54, 1.807) is 0 Å². The Morgan fingerprint density at radius 3 is 2.48 bits per heavy atom. The Balaban J connectivity index is 2.02. The Hall–Kier alpha value is -2.46. The van der Waals surface area contributed by atoms with Gasteiger partial charge < -0.3 is 5.11 Å². The van der Waals surface area contributed by atoms with Crippen LogP contribution in [0, 0.1) is 13.8 Å². The standard InChI is InChI=1S/C19H17NO2S/c1-12-8-9-15(10-13(12)2)17-18(19(21)22)23-16(20-17)11-14-6-4-3-5-7-14/h3-10H,11H2,1-2H3,(H,21,22). The summed E-state index contributed by atoms with van der Waals surface area (Å²) in [5.74, 6) is -0.921. The van der Waals surface area contributed by atoms with Gasteiger partial charge in [0.05, 0.1) is 10.7 Å². The lowest BCUT2D eigenvalue weighted by atomic mass is 10.0. The molecule has 0 aliphatic carbocycles. The number of carboxylic acids is 1. The van der Waals surface area contributed by atoms with Crippen molar-refractivity contribution >= 4 is 17.3 Å². The summed E-state index contributed by atoms with van der Waals surface area (Å²) in [4.78, 5) is 16.5. The summed E-state index contributed by atoms with van der Waals surface area (Å²) in [5, 5.41) is 10.3. The number of aromatic nitrogens is 1. The van der Waals surface area contributed by atoms with Gasteiger partial charge in [0.15, 0.2) is 0 Å². The summed E-state index contributed by atoms with van der Waals surface area (Å²) in [6.07, 6.45) is 0.649.